The summed E-state index contributed by atoms with van der Waals surface area (Å²) in [6, 6.07) is 8.07. The van der Waals surface area contributed by atoms with Gasteiger partial charge in [-0.25, -0.2) is 0 Å². The first-order chi connectivity index (χ1) is 12.1. The van der Waals surface area contributed by atoms with E-state index >= 15 is 0 Å². The van der Waals surface area contributed by atoms with Crippen LogP contribution in [0.15, 0.2) is 39.5 Å². The van der Waals surface area contributed by atoms with Crippen molar-refractivity contribution in [1.82, 2.24) is 15.1 Å². The second-order valence-corrected chi connectivity index (χ2v) is 5.95. The van der Waals surface area contributed by atoms with Crippen LogP contribution < -0.4 is 10.7 Å². The lowest BCUT2D eigenvalue weighted by Crippen LogP contribution is -2.25. The Morgan fingerprint density at radius 1 is 1.36 bits per heavy atom. The third-order valence-corrected chi connectivity index (χ3v) is 4.36. The molecule has 1 aliphatic heterocycles. The first-order valence-electron chi connectivity index (χ1n) is 8.06. The Kier molecular flexibility index (Phi) is 3.85. The standard InChI is InChI=1S/C18H17N3O4/c1-21-14-6-7-24-10-12(14)13(20-21)9-19-18(23)17-8-15(22)11-4-2-3-5-16(11)25-17/h2-5,8H,6-7,9-10H2,1H3,(H,19,23). The summed E-state index contributed by atoms with van der Waals surface area (Å²) >= 11 is 0. The number of hydrogen-bond acceptors (Lipinski definition) is 5. The molecule has 0 aliphatic carbocycles. The van der Waals surface area contributed by atoms with E-state index in [4.69, 9.17) is 9.15 Å². The van der Waals surface area contributed by atoms with Crippen LogP contribution in [0.3, 0.4) is 0 Å². The van der Waals surface area contributed by atoms with Crippen molar-refractivity contribution in [2.75, 3.05) is 6.61 Å². The molecule has 1 amide bonds. The third kappa shape index (κ3) is 2.83. The second kappa shape index (κ2) is 6.18. The number of carbonyl (C=O) groups is 1. The molecular formula is C18H17N3O4. The van der Waals surface area contributed by atoms with Crippen molar-refractivity contribution in [2.45, 2.75) is 19.6 Å². The average Bonchev–Trinajstić information content (AvgIpc) is 2.96. The van der Waals surface area contributed by atoms with E-state index in [1.165, 1.54) is 6.07 Å². The van der Waals surface area contributed by atoms with Crippen LogP contribution in [0.4, 0.5) is 0 Å². The topological polar surface area (TPSA) is 86.4 Å². The van der Waals surface area contributed by atoms with Crippen LogP contribution in [-0.2, 0) is 31.4 Å². The maximum absolute atomic E-state index is 12.4. The molecule has 3 aromatic rings. The number of amides is 1. The minimum Gasteiger partial charge on any atom is -0.451 e. The van der Waals surface area contributed by atoms with E-state index in [9.17, 15) is 9.59 Å². The maximum Gasteiger partial charge on any atom is 0.287 e. The van der Waals surface area contributed by atoms with Gasteiger partial charge in [0, 0.05) is 30.8 Å². The van der Waals surface area contributed by atoms with Crippen molar-refractivity contribution in [1.29, 1.82) is 0 Å². The normalized spacial score (nSPS) is 13.6. The number of nitrogens with one attached hydrogen (secondary N) is 1. The first-order valence-corrected chi connectivity index (χ1v) is 8.06. The summed E-state index contributed by atoms with van der Waals surface area (Å²) in [6.07, 6.45) is 0.812. The molecule has 0 bridgehead atoms. The molecule has 0 spiro atoms. The monoisotopic (exact) mass is 339 g/mol. The SMILES string of the molecule is Cn1nc(CNC(=O)c2cc(=O)c3ccccc3o2)c2c1CCOC2. The minimum absolute atomic E-state index is 0.00949. The van der Waals surface area contributed by atoms with Crippen molar-refractivity contribution in [3.8, 4) is 0 Å². The fourth-order valence-corrected chi connectivity index (χ4v) is 3.10. The van der Waals surface area contributed by atoms with Crippen LogP contribution in [0.25, 0.3) is 11.0 Å². The van der Waals surface area contributed by atoms with Gasteiger partial charge in [0.2, 0.25) is 0 Å². The van der Waals surface area contributed by atoms with E-state index in [0.717, 1.165) is 23.4 Å². The number of rotatable bonds is 3. The van der Waals surface area contributed by atoms with E-state index in [0.29, 0.717) is 24.2 Å². The third-order valence-electron chi connectivity index (χ3n) is 4.36. The Morgan fingerprint density at radius 2 is 2.20 bits per heavy atom. The van der Waals surface area contributed by atoms with E-state index in [1.807, 2.05) is 11.7 Å². The number of nitrogens with zero attached hydrogens (tertiary/aromatic N) is 2. The van der Waals surface area contributed by atoms with Crippen LogP contribution in [-0.4, -0.2) is 22.3 Å². The van der Waals surface area contributed by atoms with E-state index < -0.39 is 5.91 Å². The van der Waals surface area contributed by atoms with Gasteiger partial charge >= 0.3 is 0 Å². The van der Waals surface area contributed by atoms with Crippen molar-refractivity contribution in [3.05, 3.63) is 63.3 Å². The molecule has 0 radical (unpaired) electrons. The highest BCUT2D eigenvalue weighted by Gasteiger charge is 2.20. The highest BCUT2D eigenvalue weighted by molar-refractivity contribution is 5.93. The predicted molar refractivity (Wildman–Crippen MR) is 90.2 cm³/mol. The molecular weight excluding hydrogens is 322 g/mol. The molecule has 1 aliphatic rings. The Bertz CT molecular complexity index is 1020. The lowest BCUT2D eigenvalue weighted by atomic mass is 10.1. The Morgan fingerprint density at radius 3 is 3.08 bits per heavy atom. The molecule has 4 rings (SSSR count). The summed E-state index contributed by atoms with van der Waals surface area (Å²) in [6.45, 7) is 1.43. The minimum atomic E-state index is -0.445. The van der Waals surface area contributed by atoms with Crippen LogP contribution in [0.2, 0.25) is 0 Å². The summed E-state index contributed by atoms with van der Waals surface area (Å²) < 4.78 is 12.9. The molecule has 7 heteroatoms. The van der Waals surface area contributed by atoms with E-state index in [1.54, 1.807) is 24.3 Å². The van der Waals surface area contributed by atoms with Gasteiger partial charge in [-0.15, -0.1) is 0 Å². The zero-order valence-electron chi connectivity index (χ0n) is 13.7. The highest BCUT2D eigenvalue weighted by atomic mass is 16.5. The second-order valence-electron chi connectivity index (χ2n) is 5.95. The molecule has 1 N–H and O–H groups in total. The predicted octanol–water partition coefficient (Wildman–Crippen LogP) is 1.53. The Balaban J connectivity index is 1.56. The molecule has 7 nitrogen and oxygen atoms in total. The highest BCUT2D eigenvalue weighted by Crippen LogP contribution is 2.20. The van der Waals surface area contributed by atoms with Crippen molar-refractivity contribution in [3.63, 3.8) is 0 Å². The molecule has 0 fully saturated rings. The zero-order chi connectivity index (χ0) is 17.4. The molecule has 128 valence electrons. The summed E-state index contributed by atoms with van der Waals surface area (Å²) in [4.78, 5) is 24.5. The zero-order valence-corrected chi connectivity index (χ0v) is 13.7. The van der Waals surface area contributed by atoms with Gasteiger partial charge in [-0.05, 0) is 12.1 Å². The number of fused-ring (bicyclic) bond motifs is 2. The Labute approximate surface area is 143 Å². The van der Waals surface area contributed by atoms with Gasteiger partial charge in [0.1, 0.15) is 5.58 Å². The van der Waals surface area contributed by atoms with Crippen LogP contribution in [0.5, 0.6) is 0 Å². The molecule has 2 aromatic heterocycles. The summed E-state index contributed by atoms with van der Waals surface area (Å²) in [5.41, 5.74) is 3.08. The van der Waals surface area contributed by atoms with Gasteiger partial charge in [0.25, 0.3) is 5.91 Å². The molecule has 3 heterocycles. The number of carbonyl (C=O) groups excluding carboxylic acids is 1. The number of para-hydroxylation sites is 1. The van der Waals surface area contributed by atoms with E-state index in [2.05, 4.69) is 10.4 Å². The molecule has 0 saturated heterocycles. The molecule has 0 unspecified atom stereocenters. The number of benzene rings is 1. The molecule has 1 aromatic carbocycles. The van der Waals surface area contributed by atoms with Gasteiger partial charge in [-0.2, -0.15) is 5.10 Å². The average molecular weight is 339 g/mol. The first kappa shape index (κ1) is 15.6. The fourth-order valence-electron chi connectivity index (χ4n) is 3.10. The lowest BCUT2D eigenvalue weighted by Gasteiger charge is -2.13. The fraction of sp³-hybridized carbons (Fsp3) is 0.278. The summed E-state index contributed by atoms with van der Waals surface area (Å²) in [5, 5.41) is 7.68. The van der Waals surface area contributed by atoms with Crippen LogP contribution in [0.1, 0.15) is 27.5 Å². The Hall–Kier alpha value is -2.93. The van der Waals surface area contributed by atoms with Crippen molar-refractivity contribution >= 4 is 16.9 Å². The van der Waals surface area contributed by atoms with Crippen molar-refractivity contribution in [2.24, 2.45) is 7.05 Å². The van der Waals surface area contributed by atoms with Crippen molar-refractivity contribution < 1.29 is 13.9 Å². The van der Waals surface area contributed by atoms with Crippen LogP contribution in [0, 0.1) is 0 Å². The number of ether oxygens (including phenoxy) is 1. The largest absolute Gasteiger partial charge is 0.451 e. The smallest absolute Gasteiger partial charge is 0.287 e. The van der Waals surface area contributed by atoms with E-state index in [-0.39, 0.29) is 17.7 Å². The van der Waals surface area contributed by atoms with Crippen LogP contribution >= 0.6 is 0 Å². The molecule has 0 saturated carbocycles. The number of hydrogen-bond donors (Lipinski definition) is 1. The quantitative estimate of drug-likeness (QED) is 0.782. The maximum atomic E-state index is 12.4. The van der Waals surface area contributed by atoms with Gasteiger partial charge < -0.3 is 14.5 Å². The lowest BCUT2D eigenvalue weighted by molar-refractivity contribution is 0.0920. The van der Waals surface area contributed by atoms with Gasteiger partial charge in [-0.3, -0.25) is 14.3 Å². The van der Waals surface area contributed by atoms with Gasteiger partial charge in [-0.1, -0.05) is 12.1 Å². The number of aryl methyl sites for hydroxylation is 1. The summed E-state index contributed by atoms with van der Waals surface area (Å²) in [5.74, 6) is -0.455. The van der Waals surface area contributed by atoms with Gasteiger partial charge in [0.15, 0.2) is 11.2 Å². The molecule has 0 atom stereocenters. The molecule has 25 heavy (non-hydrogen) atoms. The van der Waals surface area contributed by atoms with Gasteiger partial charge in [0.05, 0.1) is 30.8 Å². The number of aromatic nitrogens is 2. The summed E-state index contributed by atoms with van der Waals surface area (Å²) in [7, 11) is 1.89.